The van der Waals surface area contributed by atoms with E-state index < -0.39 is 0 Å². The number of halogens is 1. The van der Waals surface area contributed by atoms with Crippen molar-refractivity contribution in [2.75, 3.05) is 75.8 Å². The van der Waals surface area contributed by atoms with Gasteiger partial charge in [0.05, 0.1) is 18.8 Å². The molecule has 0 bridgehead atoms. The largest absolute Gasteiger partial charge is 0.379 e. The lowest BCUT2D eigenvalue weighted by atomic mass is 10.1. The Labute approximate surface area is 240 Å². The van der Waals surface area contributed by atoms with Crippen molar-refractivity contribution in [3.63, 3.8) is 0 Å². The summed E-state index contributed by atoms with van der Waals surface area (Å²) in [7, 11) is 0. The molecule has 5 rings (SSSR count). The summed E-state index contributed by atoms with van der Waals surface area (Å²) in [4.78, 5) is 33.3. The molecule has 0 aliphatic carbocycles. The van der Waals surface area contributed by atoms with Gasteiger partial charge < -0.3 is 20.3 Å². The van der Waals surface area contributed by atoms with Gasteiger partial charge in [0.1, 0.15) is 0 Å². The number of anilines is 2. The second-order valence-electron chi connectivity index (χ2n) is 10.2. The van der Waals surface area contributed by atoms with Gasteiger partial charge >= 0.3 is 0 Å². The molecule has 40 heavy (non-hydrogen) atoms. The molecule has 0 atom stereocenters. The van der Waals surface area contributed by atoms with Crippen LogP contribution in [0.25, 0.3) is 0 Å². The number of rotatable bonds is 9. The first-order valence-corrected chi connectivity index (χ1v) is 14.2. The Morgan fingerprint density at radius 2 is 1.52 bits per heavy atom. The fraction of sp³-hybridized carbons (Fsp3) is 0.355. The minimum absolute atomic E-state index is 0.141. The van der Waals surface area contributed by atoms with Crippen molar-refractivity contribution < 1.29 is 14.3 Å². The number of ether oxygens (including phenoxy) is 1. The van der Waals surface area contributed by atoms with E-state index in [4.69, 9.17) is 16.3 Å². The summed E-state index contributed by atoms with van der Waals surface area (Å²) in [5.41, 5.74) is 3.82. The number of hydrogen-bond donors (Lipinski definition) is 2. The van der Waals surface area contributed by atoms with Gasteiger partial charge in [0.2, 0.25) is 0 Å². The van der Waals surface area contributed by atoms with Crippen molar-refractivity contribution in [1.82, 2.24) is 15.1 Å². The maximum absolute atomic E-state index is 13.5. The topological polar surface area (TPSA) is 77.2 Å². The molecular formula is C31H36ClN5O3. The Hall–Kier alpha value is -3.43. The van der Waals surface area contributed by atoms with E-state index >= 15 is 0 Å². The zero-order chi connectivity index (χ0) is 27.7. The van der Waals surface area contributed by atoms with Gasteiger partial charge in [-0.2, -0.15) is 0 Å². The van der Waals surface area contributed by atoms with Crippen molar-refractivity contribution in [3.8, 4) is 0 Å². The Morgan fingerprint density at radius 3 is 2.25 bits per heavy atom. The Balaban J connectivity index is 1.28. The van der Waals surface area contributed by atoms with E-state index in [2.05, 4.69) is 49.6 Å². The van der Waals surface area contributed by atoms with Gasteiger partial charge in [-0.1, -0.05) is 41.9 Å². The maximum atomic E-state index is 13.5. The number of amides is 2. The number of piperazine rings is 1. The van der Waals surface area contributed by atoms with Crippen LogP contribution in [0.2, 0.25) is 5.02 Å². The lowest BCUT2D eigenvalue weighted by Crippen LogP contribution is -2.46. The second-order valence-corrected chi connectivity index (χ2v) is 10.6. The van der Waals surface area contributed by atoms with E-state index in [0.717, 1.165) is 71.3 Å². The van der Waals surface area contributed by atoms with Crippen LogP contribution in [-0.2, 0) is 11.3 Å². The standard InChI is InChI=1S/C31H36ClN5O3/c32-26-8-6-25(7-9-26)30(38)34-27-10-11-29(28(22-27)31(39)33-12-13-35-18-20-40-21-19-35)37-16-14-36(15-17-37)23-24-4-2-1-3-5-24/h1-11,22H,12-21,23H2,(H,33,39)(H,34,38). The first-order chi connectivity index (χ1) is 19.5. The highest BCUT2D eigenvalue weighted by Gasteiger charge is 2.23. The monoisotopic (exact) mass is 561 g/mol. The van der Waals surface area contributed by atoms with E-state index in [-0.39, 0.29) is 11.8 Å². The highest BCUT2D eigenvalue weighted by Crippen LogP contribution is 2.27. The molecule has 0 aromatic heterocycles. The smallest absolute Gasteiger partial charge is 0.255 e. The second kappa shape index (κ2) is 13.8. The molecule has 2 aliphatic heterocycles. The van der Waals surface area contributed by atoms with E-state index in [0.29, 0.717) is 28.4 Å². The Morgan fingerprint density at radius 1 is 0.800 bits per heavy atom. The third-order valence-corrected chi connectivity index (χ3v) is 7.64. The predicted molar refractivity (Wildman–Crippen MR) is 159 cm³/mol. The number of hydrogen-bond acceptors (Lipinski definition) is 6. The van der Waals surface area contributed by atoms with Crippen molar-refractivity contribution in [2.45, 2.75) is 6.54 Å². The zero-order valence-electron chi connectivity index (χ0n) is 22.7. The molecule has 0 radical (unpaired) electrons. The fourth-order valence-electron chi connectivity index (χ4n) is 5.11. The summed E-state index contributed by atoms with van der Waals surface area (Å²) < 4.78 is 5.42. The molecule has 8 nitrogen and oxygen atoms in total. The summed E-state index contributed by atoms with van der Waals surface area (Å²) in [6, 6.07) is 22.8. The summed E-state index contributed by atoms with van der Waals surface area (Å²) in [6.45, 7) is 8.88. The highest BCUT2D eigenvalue weighted by molar-refractivity contribution is 6.30. The van der Waals surface area contributed by atoms with Gasteiger partial charge in [0.25, 0.3) is 11.8 Å². The molecule has 2 heterocycles. The first kappa shape index (κ1) is 28.1. The molecule has 3 aromatic carbocycles. The normalized spacial score (nSPS) is 16.5. The lowest BCUT2D eigenvalue weighted by Gasteiger charge is -2.37. The SMILES string of the molecule is O=C(Nc1ccc(N2CCN(Cc3ccccc3)CC2)c(C(=O)NCCN2CCOCC2)c1)c1ccc(Cl)cc1. The molecule has 9 heteroatoms. The quantitative estimate of drug-likeness (QED) is 0.412. The van der Waals surface area contributed by atoms with Crippen molar-refractivity contribution in [3.05, 3.63) is 94.5 Å². The maximum Gasteiger partial charge on any atom is 0.255 e. The van der Waals surface area contributed by atoms with Crippen LogP contribution in [-0.4, -0.2) is 87.2 Å². The van der Waals surface area contributed by atoms with Crippen molar-refractivity contribution in [2.24, 2.45) is 0 Å². The number of morpholine rings is 1. The van der Waals surface area contributed by atoms with Crippen molar-refractivity contribution >= 4 is 34.8 Å². The third kappa shape index (κ3) is 7.61. The van der Waals surface area contributed by atoms with Crippen LogP contribution < -0.4 is 15.5 Å². The van der Waals surface area contributed by atoms with Gasteiger partial charge in [0, 0.05) is 80.9 Å². The van der Waals surface area contributed by atoms with Gasteiger partial charge in [0.15, 0.2) is 0 Å². The van der Waals surface area contributed by atoms with Gasteiger partial charge in [-0.25, -0.2) is 0 Å². The van der Waals surface area contributed by atoms with Crippen molar-refractivity contribution in [1.29, 1.82) is 0 Å². The number of nitrogens with zero attached hydrogens (tertiary/aromatic N) is 3. The van der Waals surface area contributed by atoms with E-state index in [9.17, 15) is 9.59 Å². The molecule has 3 aromatic rings. The van der Waals surface area contributed by atoms with Crippen LogP contribution in [0.5, 0.6) is 0 Å². The highest BCUT2D eigenvalue weighted by atomic mass is 35.5. The van der Waals surface area contributed by atoms with Crippen LogP contribution in [0.3, 0.4) is 0 Å². The molecule has 2 N–H and O–H groups in total. The molecular weight excluding hydrogens is 526 g/mol. The number of carbonyl (C=O) groups is 2. The lowest BCUT2D eigenvalue weighted by molar-refractivity contribution is 0.0383. The first-order valence-electron chi connectivity index (χ1n) is 13.9. The zero-order valence-corrected chi connectivity index (χ0v) is 23.4. The molecule has 2 amide bonds. The summed E-state index contributed by atoms with van der Waals surface area (Å²) in [6.07, 6.45) is 0. The molecule has 2 aliphatic rings. The van der Waals surface area contributed by atoms with Gasteiger partial charge in [-0.3, -0.25) is 19.4 Å². The number of benzene rings is 3. The number of nitrogens with one attached hydrogen (secondary N) is 2. The molecule has 2 saturated heterocycles. The summed E-state index contributed by atoms with van der Waals surface area (Å²) >= 11 is 5.97. The predicted octanol–water partition coefficient (Wildman–Crippen LogP) is 3.98. The Kier molecular flexibility index (Phi) is 9.67. The van der Waals surface area contributed by atoms with E-state index in [1.165, 1.54) is 5.56 Å². The minimum Gasteiger partial charge on any atom is -0.379 e. The average Bonchev–Trinajstić information content (AvgIpc) is 2.99. The molecule has 2 fully saturated rings. The Bertz CT molecular complexity index is 1270. The van der Waals surface area contributed by atoms with Crippen LogP contribution in [0.4, 0.5) is 11.4 Å². The summed E-state index contributed by atoms with van der Waals surface area (Å²) in [5.74, 6) is -0.393. The molecule has 0 unspecified atom stereocenters. The van der Waals surface area contributed by atoms with Gasteiger partial charge in [-0.15, -0.1) is 0 Å². The summed E-state index contributed by atoms with van der Waals surface area (Å²) in [5, 5.41) is 6.60. The van der Waals surface area contributed by atoms with Crippen LogP contribution in [0, 0.1) is 0 Å². The number of carbonyl (C=O) groups excluding carboxylic acids is 2. The van der Waals surface area contributed by atoms with Crippen LogP contribution in [0.15, 0.2) is 72.8 Å². The average molecular weight is 562 g/mol. The van der Waals surface area contributed by atoms with Crippen LogP contribution >= 0.6 is 11.6 Å². The fourth-order valence-corrected chi connectivity index (χ4v) is 5.24. The molecule has 0 saturated carbocycles. The van der Waals surface area contributed by atoms with E-state index in [1.807, 2.05) is 18.2 Å². The van der Waals surface area contributed by atoms with E-state index in [1.54, 1.807) is 30.3 Å². The van der Waals surface area contributed by atoms with Crippen LogP contribution in [0.1, 0.15) is 26.3 Å². The minimum atomic E-state index is -0.252. The molecule has 0 spiro atoms. The third-order valence-electron chi connectivity index (χ3n) is 7.38. The molecule has 210 valence electrons. The van der Waals surface area contributed by atoms with Gasteiger partial charge in [-0.05, 0) is 48.0 Å².